The van der Waals surface area contributed by atoms with Crippen molar-refractivity contribution in [2.45, 2.75) is 19.8 Å². The van der Waals surface area contributed by atoms with E-state index in [2.05, 4.69) is 11.9 Å². The van der Waals surface area contributed by atoms with Gasteiger partial charge in [0.2, 0.25) is 0 Å². The second kappa shape index (κ2) is 6.96. The lowest BCUT2D eigenvalue weighted by Gasteiger charge is -2.21. The Labute approximate surface area is 101 Å². The van der Waals surface area contributed by atoms with E-state index in [0.717, 1.165) is 19.0 Å². The fourth-order valence-electron chi connectivity index (χ4n) is 1.53. The normalized spacial score (nSPS) is 10.3. The van der Waals surface area contributed by atoms with Gasteiger partial charge in [0.1, 0.15) is 5.82 Å². The Morgan fingerprint density at radius 3 is 2.82 bits per heavy atom. The molecule has 2 N–H and O–H groups in total. The number of aromatic nitrogens is 1. The number of carbonyl (C=O) groups excluding carboxylic acids is 1. The Bertz CT molecular complexity index is 371. The summed E-state index contributed by atoms with van der Waals surface area (Å²) < 4.78 is 13.0. The van der Waals surface area contributed by atoms with Gasteiger partial charge in [-0.1, -0.05) is 13.3 Å². The molecule has 0 saturated carbocycles. The highest BCUT2D eigenvalue weighted by Gasteiger charge is 2.15. The number of unbranched alkanes of at least 4 members (excludes halogenated alkanes) is 1. The highest BCUT2D eigenvalue weighted by Crippen LogP contribution is 2.06. The summed E-state index contributed by atoms with van der Waals surface area (Å²) in [7, 11) is 0. The number of rotatable bonds is 6. The highest BCUT2D eigenvalue weighted by atomic mass is 19.1. The summed E-state index contributed by atoms with van der Waals surface area (Å²) in [6.45, 7) is 3.57. The molecule has 0 unspecified atom stereocenters. The summed E-state index contributed by atoms with van der Waals surface area (Å²) in [6.07, 6.45) is 4.36. The van der Waals surface area contributed by atoms with Crippen LogP contribution in [0.3, 0.4) is 0 Å². The molecule has 5 heteroatoms. The van der Waals surface area contributed by atoms with Gasteiger partial charge in [-0.2, -0.15) is 0 Å². The van der Waals surface area contributed by atoms with Crippen LogP contribution < -0.4 is 5.73 Å². The van der Waals surface area contributed by atoms with Crippen LogP contribution in [0.4, 0.5) is 4.39 Å². The minimum atomic E-state index is -0.501. The number of nitrogens with zero attached hydrogens (tertiary/aromatic N) is 2. The van der Waals surface area contributed by atoms with E-state index < -0.39 is 5.82 Å². The molecule has 0 spiro atoms. The average molecular weight is 239 g/mol. The van der Waals surface area contributed by atoms with Gasteiger partial charge in [-0.25, -0.2) is 4.39 Å². The number of halogens is 1. The van der Waals surface area contributed by atoms with Crippen molar-refractivity contribution < 1.29 is 9.18 Å². The Morgan fingerprint density at radius 2 is 2.24 bits per heavy atom. The molecule has 0 aliphatic carbocycles. The zero-order valence-electron chi connectivity index (χ0n) is 10.0. The van der Waals surface area contributed by atoms with Gasteiger partial charge in [0.15, 0.2) is 0 Å². The van der Waals surface area contributed by atoms with Crippen LogP contribution in [0.1, 0.15) is 30.1 Å². The van der Waals surface area contributed by atoms with Crippen molar-refractivity contribution in [2.24, 2.45) is 5.73 Å². The fourth-order valence-corrected chi connectivity index (χ4v) is 1.53. The van der Waals surface area contributed by atoms with Crippen molar-refractivity contribution in [1.29, 1.82) is 0 Å². The molecule has 1 aromatic rings. The van der Waals surface area contributed by atoms with Crippen LogP contribution in [-0.4, -0.2) is 35.4 Å². The molecule has 0 aliphatic rings. The lowest BCUT2D eigenvalue weighted by atomic mass is 10.2. The Kier molecular flexibility index (Phi) is 5.56. The first kappa shape index (κ1) is 13.6. The molecule has 0 fully saturated rings. The molecule has 4 nitrogen and oxygen atoms in total. The number of amides is 1. The maximum Gasteiger partial charge on any atom is 0.255 e. The molecule has 1 aromatic heterocycles. The van der Waals surface area contributed by atoms with Crippen LogP contribution in [-0.2, 0) is 0 Å². The zero-order chi connectivity index (χ0) is 12.7. The summed E-state index contributed by atoms with van der Waals surface area (Å²) in [5.41, 5.74) is 5.74. The van der Waals surface area contributed by atoms with E-state index in [9.17, 15) is 9.18 Å². The van der Waals surface area contributed by atoms with Crippen LogP contribution in [0.15, 0.2) is 18.5 Å². The molecule has 94 valence electrons. The van der Waals surface area contributed by atoms with Crippen molar-refractivity contribution in [3.8, 4) is 0 Å². The first-order chi connectivity index (χ1) is 8.19. The van der Waals surface area contributed by atoms with Crippen molar-refractivity contribution in [3.63, 3.8) is 0 Å². The Hall–Kier alpha value is -1.49. The van der Waals surface area contributed by atoms with Gasteiger partial charge in [-0.3, -0.25) is 9.78 Å². The van der Waals surface area contributed by atoms with E-state index in [-0.39, 0.29) is 11.5 Å². The minimum Gasteiger partial charge on any atom is -0.337 e. The Morgan fingerprint density at radius 1 is 1.47 bits per heavy atom. The molecule has 17 heavy (non-hydrogen) atoms. The molecule has 0 radical (unpaired) electrons. The summed E-state index contributed by atoms with van der Waals surface area (Å²) in [6, 6.07) is 1.20. The van der Waals surface area contributed by atoms with E-state index in [0.29, 0.717) is 19.6 Å². The third-order valence-corrected chi connectivity index (χ3v) is 2.42. The van der Waals surface area contributed by atoms with Crippen LogP contribution >= 0.6 is 0 Å². The molecule has 0 aromatic carbocycles. The minimum absolute atomic E-state index is 0.212. The predicted molar refractivity (Wildman–Crippen MR) is 64.1 cm³/mol. The van der Waals surface area contributed by atoms with Crippen molar-refractivity contribution >= 4 is 5.91 Å². The molecule has 0 atom stereocenters. The van der Waals surface area contributed by atoms with Gasteiger partial charge in [0.05, 0.1) is 11.8 Å². The van der Waals surface area contributed by atoms with Gasteiger partial charge >= 0.3 is 0 Å². The number of pyridine rings is 1. The molecule has 0 aliphatic heterocycles. The lowest BCUT2D eigenvalue weighted by Crippen LogP contribution is -2.36. The van der Waals surface area contributed by atoms with Crippen LogP contribution in [0.5, 0.6) is 0 Å². The van der Waals surface area contributed by atoms with Gasteiger partial charge < -0.3 is 10.6 Å². The van der Waals surface area contributed by atoms with Crippen molar-refractivity contribution in [3.05, 3.63) is 29.8 Å². The fraction of sp³-hybridized carbons (Fsp3) is 0.500. The lowest BCUT2D eigenvalue weighted by molar-refractivity contribution is 0.0757. The third kappa shape index (κ3) is 4.11. The van der Waals surface area contributed by atoms with E-state index in [1.165, 1.54) is 12.3 Å². The van der Waals surface area contributed by atoms with Crippen LogP contribution in [0, 0.1) is 5.82 Å². The van der Waals surface area contributed by atoms with E-state index in [4.69, 9.17) is 5.73 Å². The topological polar surface area (TPSA) is 59.2 Å². The standard InChI is InChI=1S/C12H18FN3O/c1-2-3-5-16(6-4-14)12(17)10-7-11(13)9-15-8-10/h7-9H,2-6,14H2,1H3. The zero-order valence-corrected chi connectivity index (χ0v) is 10.0. The van der Waals surface area contributed by atoms with Crippen LogP contribution in [0.2, 0.25) is 0 Å². The Balaban J connectivity index is 2.76. The van der Waals surface area contributed by atoms with Crippen molar-refractivity contribution in [1.82, 2.24) is 9.88 Å². The average Bonchev–Trinajstić information content (AvgIpc) is 2.33. The molecule has 0 bridgehead atoms. The van der Waals surface area contributed by atoms with E-state index in [1.807, 2.05) is 0 Å². The van der Waals surface area contributed by atoms with Gasteiger partial charge in [-0.15, -0.1) is 0 Å². The van der Waals surface area contributed by atoms with Gasteiger partial charge in [0.25, 0.3) is 5.91 Å². The van der Waals surface area contributed by atoms with Gasteiger partial charge in [0, 0.05) is 25.8 Å². The molecule has 1 amide bonds. The SMILES string of the molecule is CCCCN(CCN)C(=O)c1cncc(F)c1. The summed E-state index contributed by atoms with van der Waals surface area (Å²) in [5, 5.41) is 0. The molecule has 0 saturated heterocycles. The summed E-state index contributed by atoms with van der Waals surface area (Å²) in [5.74, 6) is -0.713. The molecular formula is C12H18FN3O. The second-order valence-corrected chi connectivity index (χ2v) is 3.83. The highest BCUT2D eigenvalue weighted by molar-refractivity contribution is 5.93. The third-order valence-electron chi connectivity index (χ3n) is 2.42. The monoisotopic (exact) mass is 239 g/mol. The number of hydrogen-bond donors (Lipinski definition) is 1. The number of nitrogens with two attached hydrogens (primary N) is 1. The largest absolute Gasteiger partial charge is 0.337 e. The maximum atomic E-state index is 13.0. The molecule has 1 rings (SSSR count). The smallest absolute Gasteiger partial charge is 0.255 e. The van der Waals surface area contributed by atoms with Crippen LogP contribution in [0.25, 0.3) is 0 Å². The number of hydrogen-bond acceptors (Lipinski definition) is 3. The van der Waals surface area contributed by atoms with Gasteiger partial charge in [-0.05, 0) is 12.5 Å². The first-order valence-electron chi connectivity index (χ1n) is 5.79. The predicted octanol–water partition coefficient (Wildman–Crippen LogP) is 1.42. The van der Waals surface area contributed by atoms with E-state index in [1.54, 1.807) is 4.90 Å². The quantitative estimate of drug-likeness (QED) is 0.816. The molecular weight excluding hydrogens is 221 g/mol. The number of carbonyl (C=O) groups is 1. The van der Waals surface area contributed by atoms with Crippen molar-refractivity contribution in [2.75, 3.05) is 19.6 Å². The van der Waals surface area contributed by atoms with E-state index >= 15 is 0 Å². The second-order valence-electron chi connectivity index (χ2n) is 3.83. The first-order valence-corrected chi connectivity index (χ1v) is 5.79. The molecule has 1 heterocycles. The summed E-state index contributed by atoms with van der Waals surface area (Å²) in [4.78, 5) is 17.4. The summed E-state index contributed by atoms with van der Waals surface area (Å²) >= 11 is 0. The maximum absolute atomic E-state index is 13.0.